The van der Waals surface area contributed by atoms with Gasteiger partial charge < -0.3 is 21.1 Å². The number of anilines is 1. The molecule has 0 bridgehead atoms. The van der Waals surface area contributed by atoms with Crippen LogP contribution in [0.3, 0.4) is 0 Å². The van der Waals surface area contributed by atoms with Gasteiger partial charge in [-0.15, -0.1) is 11.3 Å². The number of sulfone groups is 1. The molecule has 2 saturated heterocycles. The molecule has 2 fully saturated rings. The lowest BCUT2D eigenvalue weighted by Crippen LogP contribution is -2.58. The second-order valence-corrected chi connectivity index (χ2v) is 11.4. The highest BCUT2D eigenvalue weighted by Crippen LogP contribution is 2.48. The normalized spacial score (nSPS) is 24.1. The summed E-state index contributed by atoms with van der Waals surface area (Å²) < 4.78 is 24.2. The fraction of sp³-hybridized carbons (Fsp3) is 0.316. The molecule has 2 aromatic heterocycles. The minimum Gasteiger partial charge on any atom is -0.480 e. The van der Waals surface area contributed by atoms with Crippen LogP contribution in [-0.4, -0.2) is 62.3 Å². The van der Waals surface area contributed by atoms with Gasteiger partial charge in [0.2, 0.25) is 0 Å². The SMILES string of the molecule is CC1(C)[C@H](C(=O)O)N2C(=O)/C(=C/c3cc(C(=O)NCc4csc(N)n4)ccn3)[C@H]2S1(=O)=O. The number of aliphatic carboxylic acids is 1. The summed E-state index contributed by atoms with van der Waals surface area (Å²) in [5.74, 6) is -2.48. The number of nitrogen functional groups attached to an aromatic ring is 1. The molecule has 0 spiro atoms. The van der Waals surface area contributed by atoms with Gasteiger partial charge in [-0.25, -0.2) is 18.2 Å². The third-order valence-corrected chi connectivity index (χ3v) is 9.03. The summed E-state index contributed by atoms with van der Waals surface area (Å²) >= 11 is 1.26. The van der Waals surface area contributed by atoms with Crippen molar-refractivity contribution >= 4 is 50.2 Å². The highest BCUT2D eigenvalue weighted by molar-refractivity contribution is 7.94. The summed E-state index contributed by atoms with van der Waals surface area (Å²) in [5.41, 5.74) is 6.54. The summed E-state index contributed by atoms with van der Waals surface area (Å²) in [7, 11) is -3.99. The monoisotopic (exact) mass is 477 g/mol. The van der Waals surface area contributed by atoms with Gasteiger partial charge in [-0.2, -0.15) is 0 Å². The number of β-lactam (4-membered cyclic amide) rings is 1. The van der Waals surface area contributed by atoms with E-state index in [-0.39, 0.29) is 23.4 Å². The number of nitrogens with zero attached hydrogens (tertiary/aromatic N) is 3. The predicted octanol–water partition coefficient (Wildman–Crippen LogP) is 0.262. The minimum atomic E-state index is -3.99. The van der Waals surface area contributed by atoms with Crippen molar-refractivity contribution in [3.8, 4) is 0 Å². The van der Waals surface area contributed by atoms with Crippen molar-refractivity contribution in [1.82, 2.24) is 20.2 Å². The Hall–Kier alpha value is -3.32. The molecule has 13 heteroatoms. The Balaban J connectivity index is 1.58. The number of carbonyl (C=O) groups excluding carboxylic acids is 2. The van der Waals surface area contributed by atoms with E-state index in [4.69, 9.17) is 5.73 Å². The Morgan fingerprint density at radius 1 is 1.41 bits per heavy atom. The molecule has 0 unspecified atom stereocenters. The maximum Gasteiger partial charge on any atom is 0.328 e. The van der Waals surface area contributed by atoms with Crippen LogP contribution < -0.4 is 11.1 Å². The van der Waals surface area contributed by atoms with Crippen molar-refractivity contribution in [1.29, 1.82) is 0 Å². The number of amides is 2. The summed E-state index contributed by atoms with van der Waals surface area (Å²) in [6.45, 7) is 2.76. The maximum absolute atomic E-state index is 12.9. The number of carbonyl (C=O) groups is 3. The summed E-state index contributed by atoms with van der Waals surface area (Å²) in [5, 5.41) is 12.9. The summed E-state index contributed by atoms with van der Waals surface area (Å²) in [6.07, 6.45) is 2.63. The van der Waals surface area contributed by atoms with Crippen LogP contribution in [0.1, 0.15) is 35.6 Å². The van der Waals surface area contributed by atoms with Gasteiger partial charge in [-0.05, 0) is 32.1 Å². The zero-order valence-corrected chi connectivity index (χ0v) is 18.6. The number of hydrogen-bond acceptors (Lipinski definition) is 9. The number of hydrogen-bond donors (Lipinski definition) is 3. The van der Waals surface area contributed by atoms with Gasteiger partial charge >= 0.3 is 5.97 Å². The lowest BCUT2D eigenvalue weighted by molar-refractivity contribution is -0.152. The highest BCUT2D eigenvalue weighted by Gasteiger charge is 2.70. The van der Waals surface area contributed by atoms with Gasteiger partial charge in [0.15, 0.2) is 26.4 Å². The van der Waals surface area contributed by atoms with E-state index in [1.807, 2.05) is 0 Å². The topological polar surface area (TPSA) is 173 Å². The number of nitrogens with one attached hydrogen (secondary N) is 1. The zero-order chi connectivity index (χ0) is 23.4. The van der Waals surface area contributed by atoms with Crippen LogP contribution in [0.4, 0.5) is 5.13 Å². The molecular weight excluding hydrogens is 458 g/mol. The molecule has 0 aliphatic carbocycles. The molecule has 168 valence electrons. The number of carboxylic acids is 1. The fourth-order valence-corrected chi connectivity index (χ4v) is 6.53. The number of aromatic nitrogens is 2. The first-order chi connectivity index (χ1) is 14.9. The maximum atomic E-state index is 12.9. The average Bonchev–Trinajstić information content (AvgIpc) is 3.20. The third kappa shape index (κ3) is 3.24. The molecule has 11 nitrogen and oxygen atoms in total. The van der Waals surface area contributed by atoms with Crippen LogP contribution in [0, 0.1) is 0 Å². The van der Waals surface area contributed by atoms with Crippen molar-refractivity contribution < 1.29 is 27.9 Å². The van der Waals surface area contributed by atoms with Gasteiger partial charge in [0.05, 0.1) is 23.5 Å². The zero-order valence-electron chi connectivity index (χ0n) is 17.0. The standard InChI is InChI=1S/C19H19N5O6S2/c1-19(2)13(17(27)28)24-15(26)12(16(24)32(19,29)30)6-10-5-9(3-4-21-10)14(25)22-7-11-8-31-18(20)23-11/h3-6,8,13,16H,7H2,1-2H3,(H2,20,23)(H,22,25)(H,27,28)/b12-6-/t13-,16+/m0/s1. The molecule has 4 N–H and O–H groups in total. The van der Waals surface area contributed by atoms with E-state index in [2.05, 4.69) is 15.3 Å². The van der Waals surface area contributed by atoms with Crippen LogP contribution in [0.15, 0.2) is 29.3 Å². The predicted molar refractivity (Wildman–Crippen MR) is 115 cm³/mol. The van der Waals surface area contributed by atoms with Gasteiger partial charge in [-0.3, -0.25) is 14.6 Å². The molecule has 2 amide bonds. The van der Waals surface area contributed by atoms with E-state index in [1.54, 1.807) is 5.38 Å². The van der Waals surface area contributed by atoms with Gasteiger partial charge in [0.1, 0.15) is 4.75 Å². The van der Waals surface area contributed by atoms with Crippen molar-refractivity contribution in [2.24, 2.45) is 0 Å². The van der Waals surface area contributed by atoms with Crippen LogP contribution in [0.5, 0.6) is 0 Å². The van der Waals surface area contributed by atoms with Crippen LogP contribution >= 0.6 is 11.3 Å². The van der Waals surface area contributed by atoms with Crippen LogP contribution in [0.2, 0.25) is 0 Å². The van der Waals surface area contributed by atoms with E-state index in [0.717, 1.165) is 4.90 Å². The average molecular weight is 478 g/mol. The largest absolute Gasteiger partial charge is 0.480 e. The Kier molecular flexibility index (Phi) is 5.05. The lowest BCUT2D eigenvalue weighted by atomic mass is 9.95. The van der Waals surface area contributed by atoms with Crippen molar-refractivity contribution in [3.63, 3.8) is 0 Å². The number of pyridine rings is 1. The molecule has 2 aliphatic heterocycles. The number of nitrogens with two attached hydrogens (primary N) is 1. The van der Waals surface area contributed by atoms with E-state index >= 15 is 0 Å². The molecule has 4 rings (SSSR count). The molecule has 4 heterocycles. The molecular formula is C19H19N5O6S2. The van der Waals surface area contributed by atoms with E-state index in [0.29, 0.717) is 10.8 Å². The molecule has 2 atom stereocenters. The van der Waals surface area contributed by atoms with Gasteiger partial charge in [0, 0.05) is 17.1 Å². The first-order valence-corrected chi connectivity index (χ1v) is 11.8. The minimum absolute atomic E-state index is 0.0789. The van der Waals surface area contributed by atoms with Crippen LogP contribution in [0.25, 0.3) is 6.08 Å². The van der Waals surface area contributed by atoms with E-state index in [9.17, 15) is 27.9 Å². The molecule has 0 aromatic carbocycles. The second-order valence-electron chi connectivity index (χ2n) is 7.88. The first-order valence-electron chi connectivity index (χ1n) is 9.40. The van der Waals surface area contributed by atoms with E-state index in [1.165, 1.54) is 49.6 Å². The summed E-state index contributed by atoms with van der Waals surface area (Å²) in [6, 6.07) is 1.40. The second kappa shape index (κ2) is 7.38. The summed E-state index contributed by atoms with van der Waals surface area (Å²) in [4.78, 5) is 45.7. The molecule has 32 heavy (non-hydrogen) atoms. The van der Waals surface area contributed by atoms with E-state index < -0.39 is 43.8 Å². The molecule has 0 radical (unpaired) electrons. The number of rotatable bonds is 5. The Morgan fingerprint density at radius 2 is 2.12 bits per heavy atom. The van der Waals surface area contributed by atoms with Crippen molar-refractivity contribution in [2.75, 3.05) is 5.73 Å². The highest BCUT2D eigenvalue weighted by atomic mass is 32.2. The van der Waals surface area contributed by atoms with Crippen molar-refractivity contribution in [3.05, 3.63) is 46.2 Å². The fourth-order valence-electron chi connectivity index (χ4n) is 3.85. The quantitative estimate of drug-likeness (QED) is 0.403. The molecule has 0 saturated carbocycles. The number of fused-ring (bicyclic) bond motifs is 1. The molecule has 2 aromatic rings. The third-order valence-electron chi connectivity index (χ3n) is 5.54. The van der Waals surface area contributed by atoms with Gasteiger partial charge in [-0.1, -0.05) is 0 Å². The Morgan fingerprint density at radius 3 is 2.75 bits per heavy atom. The van der Waals surface area contributed by atoms with Crippen molar-refractivity contribution in [2.45, 2.75) is 36.6 Å². The number of thiazole rings is 1. The molecule has 2 aliphatic rings. The number of carboxylic acid groups (broad SMARTS) is 1. The lowest BCUT2D eigenvalue weighted by Gasteiger charge is -2.37. The van der Waals surface area contributed by atoms with Gasteiger partial charge in [0.25, 0.3) is 11.8 Å². The Bertz CT molecular complexity index is 1280. The van der Waals surface area contributed by atoms with Crippen LogP contribution in [-0.2, 0) is 26.0 Å². The Labute approximate surface area is 186 Å². The smallest absolute Gasteiger partial charge is 0.328 e. The first kappa shape index (κ1) is 21.9.